The van der Waals surface area contributed by atoms with E-state index in [1.165, 1.54) is 10.4 Å². The van der Waals surface area contributed by atoms with Crippen molar-refractivity contribution in [3.8, 4) is 5.75 Å². The van der Waals surface area contributed by atoms with E-state index in [4.69, 9.17) is 4.74 Å². The third kappa shape index (κ3) is 4.53. The Hall–Kier alpha value is -2.34. The van der Waals surface area contributed by atoms with Crippen LogP contribution < -0.4 is 4.74 Å². The van der Waals surface area contributed by atoms with E-state index in [1.807, 2.05) is 63.8 Å². The molecule has 162 valence electrons. The molecule has 0 aliphatic carbocycles. The Kier molecular flexibility index (Phi) is 6.56. The number of thiophene rings is 1. The third-order valence-corrected chi connectivity index (χ3v) is 6.55. The first-order chi connectivity index (χ1) is 14.1. The predicted octanol–water partition coefficient (Wildman–Crippen LogP) is 4.51. The molecule has 1 aromatic carbocycles. The molecule has 2 aromatic rings. The number of hydrogen-bond acceptors (Lipinski definition) is 4. The molecule has 0 N–H and O–H groups in total. The molecule has 0 saturated heterocycles. The zero-order valence-electron chi connectivity index (χ0n) is 18.8. The lowest BCUT2D eigenvalue weighted by Gasteiger charge is -2.39. The minimum atomic E-state index is -0.525. The summed E-state index contributed by atoms with van der Waals surface area (Å²) in [6.45, 7) is 10.4. The second kappa shape index (κ2) is 8.80. The van der Waals surface area contributed by atoms with Crippen molar-refractivity contribution in [1.82, 2.24) is 9.80 Å². The number of nitrogens with zero attached hydrogens (tertiary/aromatic N) is 2. The zero-order chi connectivity index (χ0) is 22.1. The molecular weight excluding hydrogens is 396 g/mol. The Labute approximate surface area is 183 Å². The molecule has 1 aliphatic heterocycles. The number of rotatable bonds is 5. The summed E-state index contributed by atoms with van der Waals surface area (Å²) < 4.78 is 5.30. The largest absolute Gasteiger partial charge is 0.497 e. The van der Waals surface area contributed by atoms with E-state index in [-0.39, 0.29) is 30.4 Å². The molecule has 1 unspecified atom stereocenters. The van der Waals surface area contributed by atoms with Crippen LogP contribution in [0.25, 0.3) is 0 Å². The molecule has 30 heavy (non-hydrogen) atoms. The number of methoxy groups -OCH3 is 1. The molecule has 0 spiro atoms. The van der Waals surface area contributed by atoms with E-state index in [9.17, 15) is 9.59 Å². The topological polar surface area (TPSA) is 49.9 Å². The SMILES string of the molecule is COc1ccc(C2c3ccsc3CCN2C(=O)CN(C(=O)C(C)(C)C)C(C)C)cc1. The van der Waals surface area contributed by atoms with Crippen molar-refractivity contribution in [2.24, 2.45) is 5.41 Å². The number of benzene rings is 1. The number of amides is 2. The quantitative estimate of drug-likeness (QED) is 0.704. The van der Waals surface area contributed by atoms with Crippen molar-refractivity contribution in [2.75, 3.05) is 20.2 Å². The molecule has 0 fully saturated rings. The first kappa shape index (κ1) is 22.3. The van der Waals surface area contributed by atoms with Gasteiger partial charge in [-0.05, 0) is 55.0 Å². The average molecular weight is 429 g/mol. The Morgan fingerprint density at radius 2 is 1.87 bits per heavy atom. The molecule has 2 heterocycles. The van der Waals surface area contributed by atoms with Crippen molar-refractivity contribution >= 4 is 23.2 Å². The Balaban J connectivity index is 1.92. The molecule has 1 aromatic heterocycles. The van der Waals surface area contributed by atoms with Crippen LogP contribution in [0, 0.1) is 5.41 Å². The van der Waals surface area contributed by atoms with Crippen LogP contribution in [0.15, 0.2) is 35.7 Å². The maximum absolute atomic E-state index is 13.5. The molecule has 1 aliphatic rings. The summed E-state index contributed by atoms with van der Waals surface area (Å²) in [5.74, 6) is 0.777. The highest BCUT2D eigenvalue weighted by atomic mass is 32.1. The molecule has 0 saturated carbocycles. The maximum atomic E-state index is 13.5. The molecule has 0 bridgehead atoms. The van der Waals surface area contributed by atoms with Crippen LogP contribution in [-0.2, 0) is 16.0 Å². The van der Waals surface area contributed by atoms with Gasteiger partial charge >= 0.3 is 0 Å². The second-order valence-corrected chi connectivity index (χ2v) is 10.1. The fourth-order valence-electron chi connectivity index (χ4n) is 3.89. The fraction of sp³-hybridized carbons (Fsp3) is 0.500. The second-order valence-electron chi connectivity index (χ2n) is 9.09. The van der Waals surface area contributed by atoms with Gasteiger partial charge in [-0.1, -0.05) is 32.9 Å². The number of carbonyl (C=O) groups excluding carboxylic acids is 2. The Bertz CT molecular complexity index is 896. The van der Waals surface area contributed by atoms with Gasteiger partial charge in [0.2, 0.25) is 11.8 Å². The van der Waals surface area contributed by atoms with Gasteiger partial charge in [0.25, 0.3) is 0 Å². The highest BCUT2D eigenvalue weighted by Crippen LogP contribution is 2.38. The first-order valence-corrected chi connectivity index (χ1v) is 11.3. The van der Waals surface area contributed by atoms with Crippen LogP contribution in [0.1, 0.15) is 56.7 Å². The maximum Gasteiger partial charge on any atom is 0.243 e. The summed E-state index contributed by atoms with van der Waals surface area (Å²) >= 11 is 1.75. The van der Waals surface area contributed by atoms with Gasteiger partial charge in [-0.2, -0.15) is 0 Å². The van der Waals surface area contributed by atoms with Gasteiger partial charge in [0.1, 0.15) is 12.3 Å². The van der Waals surface area contributed by atoms with E-state index in [0.29, 0.717) is 6.54 Å². The summed E-state index contributed by atoms with van der Waals surface area (Å²) in [6, 6.07) is 9.85. The van der Waals surface area contributed by atoms with Crippen molar-refractivity contribution in [2.45, 2.75) is 53.1 Å². The average Bonchev–Trinajstić information content (AvgIpc) is 3.18. The van der Waals surface area contributed by atoms with Gasteiger partial charge in [-0.3, -0.25) is 9.59 Å². The van der Waals surface area contributed by atoms with Crippen LogP contribution in [0.5, 0.6) is 5.75 Å². The lowest BCUT2D eigenvalue weighted by molar-refractivity contribution is -0.148. The van der Waals surface area contributed by atoms with Gasteiger partial charge in [0.15, 0.2) is 0 Å². The van der Waals surface area contributed by atoms with Gasteiger partial charge in [0, 0.05) is 22.9 Å². The lowest BCUT2D eigenvalue weighted by Crippen LogP contribution is -2.51. The predicted molar refractivity (Wildman–Crippen MR) is 121 cm³/mol. The minimum absolute atomic E-state index is 0.0000734. The van der Waals surface area contributed by atoms with E-state index < -0.39 is 5.41 Å². The zero-order valence-corrected chi connectivity index (χ0v) is 19.6. The highest BCUT2D eigenvalue weighted by molar-refractivity contribution is 7.10. The van der Waals surface area contributed by atoms with E-state index in [1.54, 1.807) is 23.3 Å². The minimum Gasteiger partial charge on any atom is -0.497 e. The van der Waals surface area contributed by atoms with Crippen molar-refractivity contribution in [3.05, 3.63) is 51.7 Å². The van der Waals surface area contributed by atoms with Crippen LogP contribution in [0.3, 0.4) is 0 Å². The van der Waals surface area contributed by atoms with E-state index in [2.05, 4.69) is 11.4 Å². The fourth-order valence-corrected chi connectivity index (χ4v) is 4.79. The molecule has 6 heteroatoms. The lowest BCUT2D eigenvalue weighted by atomic mass is 9.92. The van der Waals surface area contributed by atoms with Crippen LogP contribution in [0.4, 0.5) is 0 Å². The highest BCUT2D eigenvalue weighted by Gasteiger charge is 2.36. The third-order valence-electron chi connectivity index (χ3n) is 5.55. The summed E-state index contributed by atoms with van der Waals surface area (Å²) in [5.41, 5.74) is 1.72. The van der Waals surface area contributed by atoms with Gasteiger partial charge < -0.3 is 14.5 Å². The van der Waals surface area contributed by atoms with Gasteiger partial charge in [-0.15, -0.1) is 11.3 Å². The van der Waals surface area contributed by atoms with Crippen LogP contribution in [0.2, 0.25) is 0 Å². The van der Waals surface area contributed by atoms with Crippen molar-refractivity contribution in [1.29, 1.82) is 0 Å². The first-order valence-electron chi connectivity index (χ1n) is 10.4. The number of carbonyl (C=O) groups is 2. The summed E-state index contributed by atoms with van der Waals surface area (Å²) in [6.07, 6.45) is 0.848. The normalized spacial score (nSPS) is 16.4. The molecule has 3 rings (SSSR count). The van der Waals surface area contributed by atoms with Crippen LogP contribution >= 0.6 is 11.3 Å². The van der Waals surface area contributed by atoms with Crippen molar-refractivity contribution in [3.63, 3.8) is 0 Å². The van der Waals surface area contributed by atoms with Gasteiger partial charge in [-0.25, -0.2) is 0 Å². The van der Waals surface area contributed by atoms with Gasteiger partial charge in [0.05, 0.1) is 13.2 Å². The molecule has 2 amide bonds. The standard InChI is InChI=1S/C24H32N2O3S/c1-16(2)26(23(28)24(3,4)5)15-21(27)25-13-11-20-19(12-14-30-20)22(25)17-7-9-18(29-6)10-8-17/h7-10,12,14,16,22H,11,13,15H2,1-6H3. The summed E-state index contributed by atoms with van der Waals surface area (Å²) in [4.78, 5) is 31.4. The summed E-state index contributed by atoms with van der Waals surface area (Å²) in [5, 5.41) is 2.10. The molecular formula is C24H32N2O3S. The van der Waals surface area contributed by atoms with E-state index in [0.717, 1.165) is 17.7 Å². The number of fused-ring (bicyclic) bond motifs is 1. The van der Waals surface area contributed by atoms with Crippen molar-refractivity contribution < 1.29 is 14.3 Å². The monoisotopic (exact) mass is 428 g/mol. The Morgan fingerprint density at radius 1 is 1.20 bits per heavy atom. The molecule has 1 atom stereocenters. The summed E-state index contributed by atoms with van der Waals surface area (Å²) in [7, 11) is 1.65. The van der Waals surface area contributed by atoms with Crippen LogP contribution in [-0.4, -0.2) is 47.9 Å². The van der Waals surface area contributed by atoms with E-state index >= 15 is 0 Å². The Morgan fingerprint density at radius 3 is 2.43 bits per heavy atom. The number of hydrogen-bond donors (Lipinski definition) is 0. The molecule has 5 nitrogen and oxygen atoms in total. The smallest absolute Gasteiger partial charge is 0.243 e. The number of ether oxygens (including phenoxy) is 1. The molecule has 0 radical (unpaired) electrons.